The van der Waals surface area contributed by atoms with E-state index in [-0.39, 0.29) is 34.6 Å². The van der Waals surface area contributed by atoms with Crippen molar-refractivity contribution in [1.82, 2.24) is 0 Å². The van der Waals surface area contributed by atoms with Crippen LogP contribution in [-0.4, -0.2) is 64.9 Å². The monoisotopic (exact) mass is 880 g/mol. The molecule has 0 fully saturated rings. The van der Waals surface area contributed by atoms with Crippen molar-refractivity contribution in [2.45, 2.75) is 44.5 Å². The zero-order valence-electron chi connectivity index (χ0n) is 28.8. The lowest BCUT2D eigenvalue weighted by molar-refractivity contribution is 0.475. The predicted octanol–water partition coefficient (Wildman–Crippen LogP) is 4.46. The highest BCUT2D eigenvalue weighted by molar-refractivity contribution is 7.87. The molecule has 18 nitrogen and oxygen atoms in total. The Labute approximate surface area is 325 Å². The topological polar surface area (TPSA) is 309 Å². The number of fused-ring (bicyclic) bond motifs is 2. The average Bonchev–Trinajstić information content (AvgIpc) is 3.10. The van der Waals surface area contributed by atoms with Gasteiger partial charge in [-0.3, -0.25) is 27.8 Å². The summed E-state index contributed by atoms with van der Waals surface area (Å²) >= 11 is 0. The Morgan fingerprint density at radius 3 is 1.70 bits per heavy atom. The van der Waals surface area contributed by atoms with Crippen LogP contribution < -0.4 is 10.7 Å². The quantitative estimate of drug-likeness (QED) is 0.0773. The lowest BCUT2D eigenvalue weighted by Crippen LogP contribution is -2.17. The van der Waals surface area contributed by atoms with Crippen LogP contribution in [0.15, 0.2) is 125 Å². The van der Waals surface area contributed by atoms with E-state index in [0.29, 0.717) is 34.3 Å². The first-order valence-electron chi connectivity index (χ1n) is 15.8. The minimum Gasteiger partial charge on any atom is -0.456 e. The zero-order chi connectivity index (χ0) is 41.9. The van der Waals surface area contributed by atoms with Crippen molar-refractivity contribution in [3.05, 3.63) is 113 Å². The fourth-order valence-corrected chi connectivity index (χ4v) is 9.31. The van der Waals surface area contributed by atoms with Gasteiger partial charge in [0.25, 0.3) is 50.6 Å². The molecule has 57 heavy (non-hydrogen) atoms. The number of hydrogen-bond acceptors (Lipinski definition) is 13. The van der Waals surface area contributed by atoms with Crippen LogP contribution >= 0.6 is 0 Å². The number of rotatable bonds is 11. The first-order chi connectivity index (χ1) is 26.3. The van der Waals surface area contributed by atoms with E-state index < -0.39 is 87.0 Å². The molecule has 1 heterocycles. The molecule has 2 aliphatic rings. The Kier molecular flexibility index (Phi) is 10.7. The van der Waals surface area contributed by atoms with Gasteiger partial charge in [-0.05, 0) is 71.6 Å². The minimum atomic E-state index is -5.11. The summed E-state index contributed by atoms with van der Waals surface area (Å²) in [6.45, 7) is 0.806. The first kappa shape index (κ1) is 41.6. The largest absolute Gasteiger partial charge is 0.456 e. The van der Waals surface area contributed by atoms with Crippen LogP contribution in [0, 0.1) is 6.92 Å². The molecule has 0 saturated heterocycles. The van der Waals surface area contributed by atoms with Crippen LogP contribution in [0.3, 0.4) is 0 Å². The van der Waals surface area contributed by atoms with Crippen LogP contribution in [0.4, 0.5) is 5.69 Å². The number of nitrogens with zero attached hydrogens (tertiary/aromatic N) is 1. The molecule has 0 aromatic heterocycles. The Bertz CT molecular complexity index is 3250. The predicted molar refractivity (Wildman–Crippen MR) is 202 cm³/mol. The van der Waals surface area contributed by atoms with Gasteiger partial charge in [0.1, 0.15) is 26.0 Å². The molecule has 300 valence electrons. The van der Waals surface area contributed by atoms with Gasteiger partial charge in [0.05, 0.1) is 21.7 Å². The van der Waals surface area contributed by atoms with E-state index in [1.807, 2.05) is 0 Å². The molecule has 0 spiro atoms. The minimum absolute atomic E-state index is 0.00441. The molecular weight excluding hydrogens is 853 g/mol. The summed E-state index contributed by atoms with van der Waals surface area (Å²) in [5, 5.41) is 2.94. The molecule has 0 unspecified atom stereocenters. The smallest absolute Gasteiger partial charge is 0.296 e. The van der Waals surface area contributed by atoms with Crippen molar-refractivity contribution in [3.8, 4) is 22.5 Å². The van der Waals surface area contributed by atoms with E-state index >= 15 is 0 Å². The third-order valence-corrected chi connectivity index (χ3v) is 13.1. The number of hydrogen-bond donors (Lipinski definition) is 6. The molecular formula is C34H28N2O16S5. The molecule has 6 rings (SSSR count). The maximum absolute atomic E-state index is 12.8. The lowest BCUT2D eigenvalue weighted by Gasteiger charge is -2.19. The van der Waals surface area contributed by atoms with Crippen LogP contribution in [0.25, 0.3) is 33.4 Å². The van der Waals surface area contributed by atoms with Crippen molar-refractivity contribution in [1.29, 1.82) is 0 Å². The number of anilines is 1. The summed E-state index contributed by atoms with van der Waals surface area (Å²) in [6, 6.07) is 18.8. The van der Waals surface area contributed by atoms with Crippen molar-refractivity contribution in [3.63, 3.8) is 0 Å². The van der Waals surface area contributed by atoms with Crippen LogP contribution in [0.1, 0.15) is 16.7 Å². The Balaban J connectivity index is 1.54. The molecule has 0 amide bonds. The standard InChI is InChI=1S/C34H28N2O16S5/c1-19-4-2-3-5-25(19)34-26-11-8-22(35-17-20-6-9-23(53(37,38)39)13-31(20)55(43,44)45)12-29(26)52-30-16-28(33(15-27(30)34)57(49,50)51)36-18-21-7-10-24(54(40,41)42)14-32(21)56(46,47)48/h2-16,35H,17-18H2,1H3,(H,37,38,39)(H,40,41,42)(H,43,44,45)(H,46,47,48)(H,49,50,51)/b36-28+. The molecule has 0 bridgehead atoms. The highest BCUT2D eigenvalue weighted by atomic mass is 32.2. The molecule has 0 saturated carbocycles. The second kappa shape index (κ2) is 14.7. The van der Waals surface area contributed by atoms with Gasteiger partial charge >= 0.3 is 0 Å². The molecule has 0 radical (unpaired) electrons. The molecule has 1 aliphatic heterocycles. The van der Waals surface area contributed by atoms with E-state index in [1.54, 1.807) is 43.3 Å². The fraction of sp³-hybridized carbons (Fsp3) is 0.0882. The Morgan fingerprint density at radius 2 is 1.14 bits per heavy atom. The van der Waals surface area contributed by atoms with Crippen molar-refractivity contribution >= 4 is 67.2 Å². The molecule has 1 aliphatic carbocycles. The summed E-state index contributed by atoms with van der Waals surface area (Å²) < 4.78 is 175. The summed E-state index contributed by atoms with van der Waals surface area (Å²) in [5.74, 6) is -0.00441. The van der Waals surface area contributed by atoms with Gasteiger partial charge in [-0.1, -0.05) is 36.4 Å². The van der Waals surface area contributed by atoms with Crippen LogP contribution in [0.2, 0.25) is 0 Å². The normalized spacial score (nSPS) is 13.3. The van der Waals surface area contributed by atoms with Gasteiger partial charge in [-0.15, -0.1) is 0 Å². The Morgan fingerprint density at radius 1 is 0.579 bits per heavy atom. The summed E-state index contributed by atoms with van der Waals surface area (Å²) in [7, 11) is -24.8. The molecule has 4 aromatic rings. The number of aryl methyl sites for hydroxylation is 1. The van der Waals surface area contributed by atoms with E-state index in [1.165, 1.54) is 6.07 Å². The van der Waals surface area contributed by atoms with Crippen LogP contribution in [-0.2, 0) is 63.7 Å². The second-order valence-corrected chi connectivity index (χ2v) is 19.4. The van der Waals surface area contributed by atoms with Gasteiger partial charge in [-0.25, -0.2) is 0 Å². The van der Waals surface area contributed by atoms with E-state index in [9.17, 15) is 64.9 Å². The van der Waals surface area contributed by atoms with Crippen molar-refractivity contribution < 1.29 is 69.3 Å². The zero-order valence-corrected chi connectivity index (χ0v) is 32.9. The Hall–Kier alpha value is -5.08. The third-order valence-electron chi connectivity index (χ3n) is 8.63. The lowest BCUT2D eigenvalue weighted by atomic mass is 9.91. The summed E-state index contributed by atoms with van der Waals surface area (Å²) in [6.07, 6.45) is 0. The molecule has 23 heteroatoms. The SMILES string of the molecule is Cc1ccccc1-c1c2cc(S(=O)(=O)O)/c(=N/Cc3ccc(S(=O)(=O)O)cc3S(=O)(=O)O)cc-2oc2cc(NCc3ccc(S(=O)(=O)O)cc3S(=O)(=O)O)ccc12. The molecule has 0 atom stereocenters. The van der Waals surface area contributed by atoms with Gasteiger partial charge in [0, 0.05) is 40.9 Å². The van der Waals surface area contributed by atoms with Crippen molar-refractivity contribution in [2.24, 2.45) is 4.99 Å². The average molecular weight is 881 g/mol. The summed E-state index contributed by atoms with van der Waals surface area (Å²) in [5.41, 5.74) is 2.07. The highest BCUT2D eigenvalue weighted by Crippen LogP contribution is 2.42. The number of benzene rings is 5. The van der Waals surface area contributed by atoms with Gasteiger partial charge < -0.3 is 9.73 Å². The van der Waals surface area contributed by atoms with Crippen molar-refractivity contribution in [2.75, 3.05) is 5.32 Å². The first-order valence-corrected chi connectivity index (χ1v) is 23.0. The molecule has 4 aromatic carbocycles. The van der Waals surface area contributed by atoms with E-state index in [0.717, 1.165) is 42.0 Å². The third kappa shape index (κ3) is 8.91. The van der Waals surface area contributed by atoms with Gasteiger partial charge in [0.2, 0.25) is 0 Å². The maximum Gasteiger partial charge on any atom is 0.296 e. The highest BCUT2D eigenvalue weighted by Gasteiger charge is 2.26. The van der Waals surface area contributed by atoms with E-state index in [4.69, 9.17) is 4.42 Å². The fourth-order valence-electron chi connectivity index (χ4n) is 6.00. The second-order valence-electron chi connectivity index (χ2n) is 12.4. The van der Waals surface area contributed by atoms with Gasteiger partial charge in [-0.2, -0.15) is 42.1 Å². The van der Waals surface area contributed by atoms with E-state index in [2.05, 4.69) is 10.3 Å². The summed E-state index contributed by atoms with van der Waals surface area (Å²) in [4.78, 5) is 0.0750. The maximum atomic E-state index is 12.8. The number of nitrogens with one attached hydrogen (secondary N) is 1. The van der Waals surface area contributed by atoms with Crippen LogP contribution in [0.5, 0.6) is 0 Å². The van der Waals surface area contributed by atoms with Gasteiger partial charge in [0.15, 0.2) is 0 Å². The molecule has 6 N–H and O–H groups in total.